The van der Waals surface area contributed by atoms with E-state index in [0.717, 1.165) is 66.2 Å². The summed E-state index contributed by atoms with van der Waals surface area (Å²) in [6.07, 6.45) is 0. The number of aromatic nitrogens is 1. The number of pyridine rings is 1. The van der Waals surface area contributed by atoms with Gasteiger partial charge >= 0.3 is 0 Å². The van der Waals surface area contributed by atoms with E-state index in [-0.39, 0.29) is 0 Å². The lowest BCUT2D eigenvalue weighted by Crippen LogP contribution is -1.93. The number of nitrogens with zero attached hydrogens (tertiary/aromatic N) is 1. The molecule has 0 unspecified atom stereocenters. The number of hydrogen-bond donors (Lipinski definition) is 0. The smallest absolute Gasteiger partial charge is 0.136 e. The molecule has 0 saturated carbocycles. The molecule has 0 amide bonds. The summed E-state index contributed by atoms with van der Waals surface area (Å²) in [5.41, 5.74) is 14.2. The van der Waals surface area contributed by atoms with Crippen LogP contribution >= 0.6 is 22.7 Å². The van der Waals surface area contributed by atoms with Crippen molar-refractivity contribution in [2.24, 2.45) is 0 Å². The molecule has 14 rings (SSSR count). The lowest BCUT2D eigenvalue weighted by molar-refractivity contribution is 0.669. The van der Waals surface area contributed by atoms with Crippen LogP contribution in [0.1, 0.15) is 0 Å². The molecule has 0 aliphatic rings. The molecule has 14 aromatic rings. The molecule has 0 radical (unpaired) electrons. The van der Waals surface area contributed by atoms with E-state index in [0.29, 0.717) is 0 Å². The average molecular weight is 862 g/mol. The van der Waals surface area contributed by atoms with Crippen LogP contribution in [0.4, 0.5) is 0 Å². The fourth-order valence-electron chi connectivity index (χ4n) is 10.2. The normalized spacial score (nSPS) is 12.0. The second-order valence-electron chi connectivity index (χ2n) is 17.0. The van der Waals surface area contributed by atoms with Crippen molar-refractivity contribution >= 4 is 107 Å². The molecule has 65 heavy (non-hydrogen) atoms. The maximum absolute atomic E-state index is 6.69. The predicted molar refractivity (Wildman–Crippen MR) is 279 cm³/mol. The lowest BCUT2D eigenvalue weighted by Gasteiger charge is -2.16. The largest absolute Gasteiger partial charge is 0.456 e. The van der Waals surface area contributed by atoms with Gasteiger partial charge in [0.2, 0.25) is 0 Å². The second kappa shape index (κ2) is 14.3. The van der Waals surface area contributed by atoms with Gasteiger partial charge in [-0.2, -0.15) is 0 Å². The first-order valence-electron chi connectivity index (χ1n) is 22.0. The summed E-state index contributed by atoms with van der Waals surface area (Å²) < 4.78 is 11.9. The molecular formula is C61H35NOS2. The summed E-state index contributed by atoms with van der Waals surface area (Å²) >= 11 is 3.72. The van der Waals surface area contributed by atoms with Gasteiger partial charge in [0.1, 0.15) is 11.2 Å². The van der Waals surface area contributed by atoms with E-state index in [1.807, 2.05) is 22.7 Å². The van der Waals surface area contributed by atoms with E-state index in [1.165, 1.54) is 73.5 Å². The van der Waals surface area contributed by atoms with E-state index in [1.54, 1.807) is 0 Å². The van der Waals surface area contributed by atoms with Crippen molar-refractivity contribution in [1.29, 1.82) is 0 Å². The summed E-state index contributed by atoms with van der Waals surface area (Å²) in [5.74, 6) is 0. The first-order valence-corrected chi connectivity index (χ1v) is 23.6. The molecule has 0 bridgehead atoms. The van der Waals surface area contributed by atoms with Crippen molar-refractivity contribution in [1.82, 2.24) is 4.98 Å². The van der Waals surface area contributed by atoms with Gasteiger partial charge in [-0.15, -0.1) is 22.7 Å². The minimum absolute atomic E-state index is 0.857. The zero-order valence-electron chi connectivity index (χ0n) is 34.9. The van der Waals surface area contributed by atoms with Gasteiger partial charge < -0.3 is 4.42 Å². The van der Waals surface area contributed by atoms with Crippen molar-refractivity contribution in [2.75, 3.05) is 0 Å². The number of thiophene rings is 2. The first kappa shape index (κ1) is 36.6. The minimum atomic E-state index is 0.857. The zero-order chi connectivity index (χ0) is 42.6. The van der Waals surface area contributed by atoms with E-state index < -0.39 is 0 Å². The van der Waals surface area contributed by atoms with Crippen LogP contribution in [-0.2, 0) is 0 Å². The Kier molecular flexibility index (Phi) is 8.06. The highest BCUT2D eigenvalue weighted by Gasteiger charge is 2.22. The van der Waals surface area contributed by atoms with Crippen LogP contribution in [0.25, 0.3) is 140 Å². The summed E-state index contributed by atoms with van der Waals surface area (Å²) in [6.45, 7) is 0. The Hall–Kier alpha value is -7.89. The molecule has 0 N–H and O–H groups in total. The molecule has 0 atom stereocenters. The third kappa shape index (κ3) is 5.81. The van der Waals surface area contributed by atoms with Crippen molar-refractivity contribution in [3.05, 3.63) is 212 Å². The summed E-state index contributed by atoms with van der Waals surface area (Å²) in [6, 6.07) is 77.5. The Morgan fingerprint density at radius 1 is 0.292 bits per heavy atom. The van der Waals surface area contributed by atoms with Gasteiger partial charge in [0.15, 0.2) is 0 Å². The molecule has 10 aromatic carbocycles. The molecule has 0 fully saturated rings. The van der Waals surface area contributed by atoms with Gasteiger partial charge in [-0.1, -0.05) is 140 Å². The van der Waals surface area contributed by atoms with Gasteiger partial charge in [0.25, 0.3) is 0 Å². The third-order valence-electron chi connectivity index (χ3n) is 13.2. The maximum Gasteiger partial charge on any atom is 0.136 e. The van der Waals surface area contributed by atoms with Crippen LogP contribution in [0.15, 0.2) is 217 Å². The molecular weight excluding hydrogens is 827 g/mol. The van der Waals surface area contributed by atoms with E-state index in [4.69, 9.17) is 9.40 Å². The molecule has 4 heteroatoms. The van der Waals surface area contributed by atoms with Crippen LogP contribution in [0, 0.1) is 0 Å². The number of furan rings is 1. The van der Waals surface area contributed by atoms with Crippen molar-refractivity contribution < 1.29 is 4.42 Å². The second-order valence-corrected chi connectivity index (χ2v) is 19.2. The summed E-state index contributed by atoms with van der Waals surface area (Å²) in [5, 5.41) is 10.8. The highest BCUT2D eigenvalue weighted by Crippen LogP contribution is 2.47. The topological polar surface area (TPSA) is 26.0 Å². The monoisotopic (exact) mass is 861 g/mol. The van der Waals surface area contributed by atoms with Crippen molar-refractivity contribution in [3.8, 4) is 55.8 Å². The quantitative estimate of drug-likeness (QED) is 0.161. The average Bonchev–Trinajstić information content (AvgIpc) is 4.06. The zero-order valence-corrected chi connectivity index (χ0v) is 36.5. The fourth-order valence-corrected chi connectivity index (χ4v) is 12.4. The lowest BCUT2D eigenvalue weighted by atomic mass is 9.88. The van der Waals surface area contributed by atoms with Gasteiger partial charge in [0.05, 0.1) is 11.2 Å². The Morgan fingerprint density at radius 3 is 1.46 bits per heavy atom. The van der Waals surface area contributed by atoms with Gasteiger partial charge in [-0.05, 0) is 112 Å². The third-order valence-corrected chi connectivity index (χ3v) is 15.5. The number of fused-ring (bicyclic) bond motifs is 12. The standard InChI is InChI=1S/C61H35NOS2/c1-2-12-38(13-3-1)61-50-35-53-60(47-17-5-9-19-52(47)63-53)58(59(50)46-16-4-8-18-51(46)62-61)37-24-22-36(23-25-37)41-30-42(39-26-28-56-48(33-39)44-14-6-10-20-54(44)64-56)32-43(31-41)40-27-29-57-49(34-40)45-15-7-11-21-55(45)65-57/h1-35H. The molecule has 0 aliphatic carbocycles. The molecule has 4 heterocycles. The SMILES string of the molecule is c1ccc(-c2nc3ccccc3c3c(-c4ccc(-c5cc(-c6ccc7sc8ccccc8c7c6)cc(-c6ccc7sc8ccccc8c7c6)c5)cc4)c4c(cc23)oc2ccccc24)cc1. The van der Waals surface area contributed by atoms with E-state index >= 15 is 0 Å². The van der Waals surface area contributed by atoms with Gasteiger partial charge in [-0.25, -0.2) is 4.98 Å². The number of para-hydroxylation sites is 2. The number of rotatable bonds is 5. The Balaban J connectivity index is 0.990. The van der Waals surface area contributed by atoms with Crippen molar-refractivity contribution in [3.63, 3.8) is 0 Å². The first-order chi connectivity index (χ1) is 32.2. The Labute approximate surface area is 381 Å². The van der Waals surface area contributed by atoms with E-state index in [2.05, 4.69) is 212 Å². The van der Waals surface area contributed by atoms with Gasteiger partial charge in [0, 0.05) is 78.4 Å². The Bertz CT molecular complexity index is 4100. The molecule has 2 nitrogen and oxygen atoms in total. The summed E-state index contributed by atoms with van der Waals surface area (Å²) in [4.78, 5) is 5.31. The predicted octanol–water partition coefficient (Wildman–Crippen LogP) is 18.4. The highest BCUT2D eigenvalue weighted by atomic mass is 32.1. The molecule has 302 valence electrons. The molecule has 0 saturated heterocycles. The minimum Gasteiger partial charge on any atom is -0.456 e. The van der Waals surface area contributed by atoms with E-state index in [9.17, 15) is 0 Å². The van der Waals surface area contributed by atoms with Gasteiger partial charge in [-0.3, -0.25) is 0 Å². The number of hydrogen-bond acceptors (Lipinski definition) is 4. The van der Waals surface area contributed by atoms with Crippen LogP contribution in [0.2, 0.25) is 0 Å². The van der Waals surface area contributed by atoms with Crippen LogP contribution in [0.3, 0.4) is 0 Å². The van der Waals surface area contributed by atoms with Crippen molar-refractivity contribution in [2.45, 2.75) is 0 Å². The maximum atomic E-state index is 6.69. The van der Waals surface area contributed by atoms with Crippen LogP contribution in [0.5, 0.6) is 0 Å². The fraction of sp³-hybridized carbons (Fsp3) is 0. The number of benzene rings is 10. The summed E-state index contributed by atoms with van der Waals surface area (Å²) in [7, 11) is 0. The Morgan fingerprint density at radius 2 is 0.800 bits per heavy atom. The highest BCUT2D eigenvalue weighted by molar-refractivity contribution is 7.26. The molecule has 0 aliphatic heterocycles. The van der Waals surface area contributed by atoms with Crippen LogP contribution in [-0.4, -0.2) is 4.98 Å². The van der Waals surface area contributed by atoms with Crippen LogP contribution < -0.4 is 0 Å². The molecule has 0 spiro atoms. The molecule has 4 aromatic heterocycles.